The summed E-state index contributed by atoms with van der Waals surface area (Å²) in [6, 6.07) is 0. The minimum absolute atomic E-state index is 0.656. The zero-order valence-electron chi connectivity index (χ0n) is 9.12. The predicted molar refractivity (Wildman–Crippen MR) is 52.5 cm³/mol. The zero-order chi connectivity index (χ0) is 11.2. The standard InChI is InChI=1S/C7H16O3.C2H4O2/c1-3-9-6-7-10-5-4-8-2;1-2(3)4/h3-7H2,1-2H3;1H3,(H,3,4). The van der Waals surface area contributed by atoms with Gasteiger partial charge in [-0.05, 0) is 6.92 Å². The average Bonchev–Trinajstić information content (AvgIpc) is 2.10. The van der Waals surface area contributed by atoms with Gasteiger partial charge in [-0.3, -0.25) is 4.79 Å². The summed E-state index contributed by atoms with van der Waals surface area (Å²) in [6.45, 7) is 6.47. The number of aliphatic carboxylic acids is 1. The Morgan fingerprint density at radius 2 is 1.57 bits per heavy atom. The Morgan fingerprint density at radius 3 is 2.00 bits per heavy atom. The molecule has 0 saturated carbocycles. The summed E-state index contributed by atoms with van der Waals surface area (Å²) in [5.74, 6) is -0.833. The van der Waals surface area contributed by atoms with Crippen LogP contribution >= 0.6 is 0 Å². The van der Waals surface area contributed by atoms with Crippen molar-refractivity contribution in [2.75, 3.05) is 40.1 Å². The summed E-state index contributed by atoms with van der Waals surface area (Å²) >= 11 is 0. The summed E-state index contributed by atoms with van der Waals surface area (Å²) in [5.41, 5.74) is 0. The normalized spacial score (nSPS) is 9.07. The second-order valence-electron chi connectivity index (χ2n) is 2.32. The summed E-state index contributed by atoms with van der Waals surface area (Å²) < 4.78 is 15.0. The number of hydrogen-bond acceptors (Lipinski definition) is 4. The Labute approximate surface area is 85.0 Å². The molecule has 0 aliphatic rings. The molecule has 0 unspecified atom stereocenters. The van der Waals surface area contributed by atoms with Gasteiger partial charge in [0.05, 0.1) is 26.4 Å². The van der Waals surface area contributed by atoms with E-state index < -0.39 is 5.97 Å². The van der Waals surface area contributed by atoms with Crippen LogP contribution in [0.25, 0.3) is 0 Å². The maximum absolute atomic E-state index is 9.00. The second kappa shape index (κ2) is 14.9. The molecule has 0 aromatic carbocycles. The van der Waals surface area contributed by atoms with Crippen LogP contribution in [0.1, 0.15) is 13.8 Å². The molecule has 0 heterocycles. The van der Waals surface area contributed by atoms with Gasteiger partial charge in [-0.1, -0.05) is 0 Å². The Balaban J connectivity index is 0. The third kappa shape index (κ3) is 30.2. The van der Waals surface area contributed by atoms with Crippen LogP contribution in [0.4, 0.5) is 0 Å². The molecule has 0 saturated heterocycles. The van der Waals surface area contributed by atoms with Gasteiger partial charge < -0.3 is 19.3 Å². The van der Waals surface area contributed by atoms with Crippen molar-refractivity contribution < 1.29 is 24.1 Å². The Morgan fingerprint density at radius 1 is 1.14 bits per heavy atom. The van der Waals surface area contributed by atoms with Gasteiger partial charge in [0.2, 0.25) is 0 Å². The van der Waals surface area contributed by atoms with E-state index in [2.05, 4.69) is 0 Å². The SMILES string of the molecule is CC(=O)O.CCOCCOCCOC. The maximum Gasteiger partial charge on any atom is 0.300 e. The maximum atomic E-state index is 9.00. The van der Waals surface area contributed by atoms with E-state index in [1.807, 2.05) is 6.92 Å². The fourth-order valence-corrected chi connectivity index (χ4v) is 0.507. The Bertz CT molecular complexity index is 104. The number of rotatable bonds is 7. The smallest absolute Gasteiger partial charge is 0.300 e. The molecule has 5 nitrogen and oxygen atoms in total. The van der Waals surface area contributed by atoms with Crippen molar-refractivity contribution >= 4 is 5.97 Å². The van der Waals surface area contributed by atoms with Crippen LogP contribution in [0.5, 0.6) is 0 Å². The number of hydrogen-bond donors (Lipinski definition) is 1. The molecule has 0 aliphatic heterocycles. The minimum Gasteiger partial charge on any atom is -0.481 e. The predicted octanol–water partition coefficient (Wildman–Crippen LogP) is 0.777. The lowest BCUT2D eigenvalue weighted by atomic mass is 10.7. The Hall–Kier alpha value is -0.650. The molecule has 0 fully saturated rings. The van der Waals surface area contributed by atoms with E-state index in [-0.39, 0.29) is 0 Å². The highest BCUT2D eigenvalue weighted by atomic mass is 16.5. The summed E-state index contributed by atoms with van der Waals surface area (Å²) in [7, 11) is 1.66. The number of carboxylic acids is 1. The topological polar surface area (TPSA) is 65.0 Å². The van der Waals surface area contributed by atoms with Crippen LogP contribution in [-0.2, 0) is 19.0 Å². The third-order valence-electron chi connectivity index (χ3n) is 1.01. The van der Waals surface area contributed by atoms with E-state index in [1.54, 1.807) is 7.11 Å². The van der Waals surface area contributed by atoms with Crippen LogP contribution in [0.3, 0.4) is 0 Å². The molecule has 0 aromatic heterocycles. The molecule has 0 amide bonds. The van der Waals surface area contributed by atoms with Gasteiger partial charge in [-0.25, -0.2) is 0 Å². The van der Waals surface area contributed by atoms with Gasteiger partial charge in [0.15, 0.2) is 0 Å². The number of carbonyl (C=O) groups is 1. The summed E-state index contributed by atoms with van der Waals surface area (Å²) in [6.07, 6.45) is 0. The molecule has 5 heteroatoms. The van der Waals surface area contributed by atoms with Gasteiger partial charge in [0, 0.05) is 20.6 Å². The molecule has 0 spiro atoms. The lowest BCUT2D eigenvalue weighted by Gasteiger charge is -2.02. The first-order chi connectivity index (χ1) is 6.65. The van der Waals surface area contributed by atoms with Crippen LogP contribution in [0.15, 0.2) is 0 Å². The fraction of sp³-hybridized carbons (Fsp3) is 0.889. The zero-order valence-corrected chi connectivity index (χ0v) is 9.12. The van der Waals surface area contributed by atoms with E-state index in [4.69, 9.17) is 24.1 Å². The molecule has 0 bridgehead atoms. The van der Waals surface area contributed by atoms with Gasteiger partial charge in [-0.2, -0.15) is 0 Å². The van der Waals surface area contributed by atoms with Crippen LogP contribution in [0, 0.1) is 0 Å². The van der Waals surface area contributed by atoms with Crippen molar-refractivity contribution in [2.24, 2.45) is 0 Å². The van der Waals surface area contributed by atoms with Crippen molar-refractivity contribution in [3.05, 3.63) is 0 Å². The number of carboxylic acid groups (broad SMARTS) is 1. The number of ether oxygens (including phenoxy) is 3. The molecular weight excluding hydrogens is 188 g/mol. The van der Waals surface area contributed by atoms with Crippen molar-refractivity contribution in [2.45, 2.75) is 13.8 Å². The van der Waals surface area contributed by atoms with E-state index in [9.17, 15) is 0 Å². The molecule has 1 N–H and O–H groups in total. The van der Waals surface area contributed by atoms with Gasteiger partial charge >= 0.3 is 0 Å². The fourth-order valence-electron chi connectivity index (χ4n) is 0.507. The van der Waals surface area contributed by atoms with Crippen molar-refractivity contribution in [3.63, 3.8) is 0 Å². The lowest BCUT2D eigenvalue weighted by Crippen LogP contribution is -2.07. The van der Waals surface area contributed by atoms with Crippen LogP contribution in [0.2, 0.25) is 0 Å². The first-order valence-electron chi connectivity index (χ1n) is 4.49. The highest BCUT2D eigenvalue weighted by Crippen LogP contribution is 1.77. The highest BCUT2D eigenvalue weighted by Gasteiger charge is 1.86. The average molecular weight is 208 g/mol. The van der Waals surface area contributed by atoms with E-state index in [0.717, 1.165) is 13.5 Å². The molecule has 86 valence electrons. The van der Waals surface area contributed by atoms with E-state index in [0.29, 0.717) is 26.4 Å². The molecule has 0 radical (unpaired) electrons. The summed E-state index contributed by atoms with van der Waals surface area (Å²) in [5, 5.41) is 7.42. The first-order valence-corrected chi connectivity index (χ1v) is 4.49. The van der Waals surface area contributed by atoms with E-state index >= 15 is 0 Å². The van der Waals surface area contributed by atoms with Crippen molar-refractivity contribution in [3.8, 4) is 0 Å². The van der Waals surface area contributed by atoms with Crippen molar-refractivity contribution in [1.29, 1.82) is 0 Å². The molecule has 0 rings (SSSR count). The quantitative estimate of drug-likeness (QED) is 0.626. The number of methoxy groups -OCH3 is 1. The molecular formula is C9H20O5. The molecule has 0 aliphatic carbocycles. The third-order valence-corrected chi connectivity index (χ3v) is 1.01. The Kier molecular flexibility index (Phi) is 16.8. The van der Waals surface area contributed by atoms with Crippen LogP contribution < -0.4 is 0 Å². The summed E-state index contributed by atoms with van der Waals surface area (Å²) in [4.78, 5) is 9.00. The molecule has 14 heavy (non-hydrogen) atoms. The van der Waals surface area contributed by atoms with Gasteiger partial charge in [0.1, 0.15) is 0 Å². The largest absolute Gasteiger partial charge is 0.481 e. The minimum atomic E-state index is -0.833. The highest BCUT2D eigenvalue weighted by molar-refractivity contribution is 5.62. The second-order valence-corrected chi connectivity index (χ2v) is 2.32. The monoisotopic (exact) mass is 208 g/mol. The van der Waals surface area contributed by atoms with Gasteiger partial charge in [0.25, 0.3) is 5.97 Å². The molecule has 0 atom stereocenters. The van der Waals surface area contributed by atoms with E-state index in [1.165, 1.54) is 0 Å². The molecule has 0 aromatic rings. The van der Waals surface area contributed by atoms with Gasteiger partial charge in [-0.15, -0.1) is 0 Å². The van der Waals surface area contributed by atoms with Crippen molar-refractivity contribution in [1.82, 2.24) is 0 Å². The van der Waals surface area contributed by atoms with Crippen LogP contribution in [-0.4, -0.2) is 51.2 Å². The lowest BCUT2D eigenvalue weighted by molar-refractivity contribution is -0.134. The first kappa shape index (κ1) is 15.8.